The Hall–Kier alpha value is -1.39. The van der Waals surface area contributed by atoms with Gasteiger partial charge in [-0.05, 0) is 22.0 Å². The molecule has 1 aromatic carbocycles. The Balaban J connectivity index is 2.46. The molecule has 0 aromatic heterocycles. The number of halogens is 2. The zero-order chi connectivity index (χ0) is 12.3. The lowest BCUT2D eigenvalue weighted by Gasteiger charge is -2.12. The van der Waals surface area contributed by atoms with Crippen LogP contribution in [0.2, 0.25) is 0 Å². The number of hydrogen-bond acceptors (Lipinski definition) is 4. The molecule has 0 spiro atoms. The fourth-order valence-corrected chi connectivity index (χ4v) is 2.09. The molecule has 90 valence electrons. The average molecular weight is 302 g/mol. The minimum absolute atomic E-state index is 0.0649. The highest BCUT2D eigenvalue weighted by molar-refractivity contribution is 9.10. The van der Waals surface area contributed by atoms with E-state index in [0.29, 0.717) is 24.7 Å². The molecule has 0 aliphatic carbocycles. The van der Waals surface area contributed by atoms with Crippen molar-refractivity contribution in [1.82, 2.24) is 0 Å². The summed E-state index contributed by atoms with van der Waals surface area (Å²) in [7, 11) is 0. The lowest BCUT2D eigenvalue weighted by Crippen LogP contribution is -1.98. The summed E-state index contributed by atoms with van der Waals surface area (Å²) in [5.74, 6) is 0.332. The largest absolute Gasteiger partial charge is 0.490 e. The topological polar surface area (TPSA) is 47.9 Å². The average Bonchev–Trinajstić information content (AvgIpc) is 2.57. The van der Waals surface area contributed by atoms with E-state index in [4.69, 9.17) is 9.47 Å². The smallest absolute Gasteiger partial charge is 0.235 e. The van der Waals surface area contributed by atoms with Crippen LogP contribution in [0.25, 0.3) is 0 Å². The Bertz CT molecular complexity index is 486. The summed E-state index contributed by atoms with van der Waals surface area (Å²) in [6, 6.07) is 1.50. The monoisotopic (exact) mass is 301 g/mol. The summed E-state index contributed by atoms with van der Waals surface area (Å²) in [4.78, 5) is 13.4. The SMILES string of the molecule is O=C=NCc1cc2c(c(Br)c1F)OCCCO2. The van der Waals surface area contributed by atoms with Crippen molar-refractivity contribution >= 4 is 22.0 Å². The summed E-state index contributed by atoms with van der Waals surface area (Å²) in [5, 5.41) is 0. The van der Waals surface area contributed by atoms with Crippen molar-refractivity contribution in [2.45, 2.75) is 13.0 Å². The van der Waals surface area contributed by atoms with Gasteiger partial charge in [-0.3, -0.25) is 0 Å². The van der Waals surface area contributed by atoms with Crippen LogP contribution in [0.3, 0.4) is 0 Å². The summed E-state index contributed by atoms with van der Waals surface area (Å²) >= 11 is 3.12. The maximum absolute atomic E-state index is 13.9. The van der Waals surface area contributed by atoms with Gasteiger partial charge >= 0.3 is 0 Å². The van der Waals surface area contributed by atoms with Gasteiger partial charge in [-0.15, -0.1) is 0 Å². The fourth-order valence-electron chi connectivity index (χ4n) is 1.53. The van der Waals surface area contributed by atoms with Crippen molar-refractivity contribution in [2.24, 2.45) is 4.99 Å². The molecule has 0 unspecified atom stereocenters. The van der Waals surface area contributed by atoms with Crippen molar-refractivity contribution in [2.75, 3.05) is 13.2 Å². The Labute approximate surface area is 106 Å². The maximum Gasteiger partial charge on any atom is 0.235 e. The second-order valence-electron chi connectivity index (χ2n) is 3.45. The van der Waals surface area contributed by atoms with Gasteiger partial charge in [0.25, 0.3) is 0 Å². The van der Waals surface area contributed by atoms with Gasteiger partial charge in [-0.2, -0.15) is 0 Å². The Morgan fingerprint density at radius 3 is 3.00 bits per heavy atom. The summed E-state index contributed by atoms with van der Waals surface area (Å²) in [6.45, 7) is 0.933. The molecule has 0 amide bonds. The van der Waals surface area contributed by atoms with Crippen LogP contribution in [0.5, 0.6) is 11.5 Å². The number of ether oxygens (including phenoxy) is 2. The third-order valence-corrected chi connectivity index (χ3v) is 3.02. The van der Waals surface area contributed by atoms with Crippen LogP contribution in [0.1, 0.15) is 12.0 Å². The number of nitrogens with zero attached hydrogens (tertiary/aromatic N) is 1. The van der Waals surface area contributed by atoms with Gasteiger partial charge < -0.3 is 9.47 Å². The first-order chi connectivity index (χ1) is 8.24. The van der Waals surface area contributed by atoms with E-state index in [0.717, 1.165) is 6.42 Å². The van der Waals surface area contributed by atoms with E-state index < -0.39 is 5.82 Å². The molecule has 0 saturated heterocycles. The molecule has 0 saturated carbocycles. The second kappa shape index (κ2) is 5.29. The number of hydrogen-bond donors (Lipinski definition) is 0. The first-order valence-electron chi connectivity index (χ1n) is 5.04. The highest BCUT2D eigenvalue weighted by atomic mass is 79.9. The number of benzene rings is 1. The minimum Gasteiger partial charge on any atom is -0.490 e. The molecule has 2 rings (SSSR count). The molecule has 1 aliphatic heterocycles. The molecule has 4 nitrogen and oxygen atoms in total. The molecule has 17 heavy (non-hydrogen) atoms. The quantitative estimate of drug-likeness (QED) is 0.623. The predicted octanol–water partition coefficient (Wildman–Crippen LogP) is 2.59. The van der Waals surface area contributed by atoms with Crippen LogP contribution in [-0.4, -0.2) is 19.3 Å². The fraction of sp³-hybridized carbons (Fsp3) is 0.364. The Morgan fingerprint density at radius 2 is 2.24 bits per heavy atom. The molecule has 0 fully saturated rings. The van der Waals surface area contributed by atoms with Gasteiger partial charge in [0.05, 0.1) is 24.2 Å². The molecule has 0 atom stereocenters. The van der Waals surface area contributed by atoms with Crippen molar-refractivity contribution in [3.63, 3.8) is 0 Å². The molecule has 1 heterocycles. The molecule has 1 aliphatic rings. The molecular weight excluding hydrogens is 293 g/mol. The van der Waals surface area contributed by atoms with Gasteiger partial charge in [-0.1, -0.05) is 0 Å². The van der Waals surface area contributed by atoms with Gasteiger partial charge in [0.2, 0.25) is 6.08 Å². The van der Waals surface area contributed by atoms with Crippen molar-refractivity contribution in [3.8, 4) is 11.5 Å². The predicted molar refractivity (Wildman–Crippen MR) is 61.5 cm³/mol. The van der Waals surface area contributed by atoms with Crippen LogP contribution in [0, 0.1) is 5.82 Å². The van der Waals surface area contributed by atoms with Crippen LogP contribution in [0.15, 0.2) is 15.5 Å². The molecular formula is C11H9BrFNO3. The van der Waals surface area contributed by atoms with Crippen LogP contribution in [-0.2, 0) is 11.3 Å². The van der Waals surface area contributed by atoms with Gasteiger partial charge in [0.1, 0.15) is 5.82 Å². The van der Waals surface area contributed by atoms with E-state index in [1.165, 1.54) is 12.1 Å². The zero-order valence-electron chi connectivity index (χ0n) is 8.83. The third kappa shape index (κ3) is 2.48. The van der Waals surface area contributed by atoms with E-state index in [2.05, 4.69) is 20.9 Å². The van der Waals surface area contributed by atoms with Crippen molar-refractivity contribution in [1.29, 1.82) is 0 Å². The van der Waals surface area contributed by atoms with Crippen LogP contribution in [0.4, 0.5) is 4.39 Å². The molecule has 6 heteroatoms. The number of isocyanates is 1. The standard InChI is InChI=1S/C11H9BrFNO3/c12-9-10(13)7(5-14-6-15)4-8-11(9)17-3-1-2-16-8/h4H,1-3,5H2. The Kier molecular flexibility index (Phi) is 3.76. The number of fused-ring (bicyclic) bond motifs is 1. The van der Waals surface area contributed by atoms with E-state index in [-0.39, 0.29) is 16.6 Å². The summed E-state index contributed by atoms with van der Waals surface area (Å²) < 4.78 is 24.9. The molecule has 0 N–H and O–H groups in total. The van der Waals surface area contributed by atoms with Crippen molar-refractivity contribution in [3.05, 3.63) is 21.9 Å². The lowest BCUT2D eigenvalue weighted by atomic mass is 10.2. The van der Waals surface area contributed by atoms with E-state index in [1.807, 2.05) is 0 Å². The minimum atomic E-state index is -0.492. The summed E-state index contributed by atoms with van der Waals surface area (Å²) in [6.07, 6.45) is 2.12. The number of carbonyl (C=O) groups excluding carboxylic acids is 1. The van der Waals surface area contributed by atoms with Gasteiger partial charge in [0, 0.05) is 12.0 Å². The number of rotatable bonds is 2. The van der Waals surface area contributed by atoms with Gasteiger partial charge in [-0.25, -0.2) is 14.2 Å². The summed E-state index contributed by atoms with van der Waals surface area (Å²) in [5.41, 5.74) is 0.268. The lowest BCUT2D eigenvalue weighted by molar-refractivity contribution is 0.296. The molecule has 0 bridgehead atoms. The Morgan fingerprint density at radius 1 is 1.47 bits per heavy atom. The number of aliphatic imine (C=N–C) groups is 1. The normalized spacial score (nSPS) is 13.8. The molecule has 1 aromatic rings. The van der Waals surface area contributed by atoms with Gasteiger partial charge in [0.15, 0.2) is 11.5 Å². The molecule has 0 radical (unpaired) electrons. The third-order valence-electron chi connectivity index (χ3n) is 2.31. The zero-order valence-corrected chi connectivity index (χ0v) is 10.4. The van der Waals surface area contributed by atoms with E-state index in [1.54, 1.807) is 0 Å². The van der Waals surface area contributed by atoms with E-state index in [9.17, 15) is 9.18 Å². The highest BCUT2D eigenvalue weighted by Gasteiger charge is 2.20. The van der Waals surface area contributed by atoms with Crippen molar-refractivity contribution < 1.29 is 18.7 Å². The first-order valence-corrected chi connectivity index (χ1v) is 5.83. The van der Waals surface area contributed by atoms with E-state index >= 15 is 0 Å². The second-order valence-corrected chi connectivity index (χ2v) is 4.24. The van der Waals surface area contributed by atoms with Crippen LogP contribution >= 0.6 is 15.9 Å². The highest BCUT2D eigenvalue weighted by Crippen LogP contribution is 2.40. The van der Waals surface area contributed by atoms with Crippen LogP contribution < -0.4 is 9.47 Å². The first kappa shape index (κ1) is 12.1. The maximum atomic E-state index is 13.9.